The maximum Gasteiger partial charge on any atom is 0.430 e. The summed E-state index contributed by atoms with van der Waals surface area (Å²) in [6, 6.07) is 19.3. The number of carbonyl (C=O) groups is 15. The standard InChI is InChI=1S/C81H102ClN17O15.C2HF3O2/c1-7-85-78(111)68-18-13-35-99(68)79(112)59(17-10-11-34-86-47(4)5)90-71(104)60(36-46(2)3)91-73(106)63(39-51-24-31-58(32-25-51)89-80(83)113)93-75(108)64(40-50-22-29-57(30-23-50)88-70(103)66-43-69(102)98-81(114)97-66)95-77(110)67(45-100)96-76(109)65(42-53-14-12-33-84-44-53)94-74(107)62(38-49-20-27-56(82)28-21-49)92-72(105)61(87-48(6)101)41-52-19-26-54-15-8-9-16-55(54)37-52;3-2(4,5)1(6)7/h8-9,12,14-16,19-33,37,44,46-47,59-68,86,100H,7,10-11,13,17-18,34-36,38-43,45H2,1-6H3,(H,85,111)(H,87,101)(H,88,103)(H,90,104)(H,91,106)(H,92,105)(H,93,108)(H,94,107)(H,95,110)(H,96,109)(H3,83,89,113)(H2,97,98,102,114);(H,6,7)/t59-,60-,61+,62+,63+,64-,65+,66-,67-,68-;/m0./s1. The maximum atomic E-state index is 15.4. The number of amides is 16. The normalized spacial score (nSPS) is 15.8. The first kappa shape index (κ1) is 95.7. The van der Waals surface area contributed by atoms with Crippen molar-refractivity contribution in [3.8, 4) is 0 Å². The van der Waals surface area contributed by atoms with Crippen molar-refractivity contribution >= 4 is 123 Å². The lowest BCUT2D eigenvalue weighted by atomic mass is 9.99. The van der Waals surface area contributed by atoms with Gasteiger partial charge in [-0.3, -0.25) is 68.4 Å². The smallest absolute Gasteiger partial charge is 0.430 e. The molecule has 16 amide bonds. The number of carboxylic acids is 1. The second-order valence-corrected chi connectivity index (χ2v) is 30.4. The minimum Gasteiger partial charge on any atom is -0.542 e. The maximum absolute atomic E-state index is 15.4. The van der Waals surface area contributed by atoms with Crippen LogP contribution in [0.15, 0.2) is 140 Å². The second kappa shape index (κ2) is 46.8. The molecular weight excluding hydrogens is 1600 g/mol. The summed E-state index contributed by atoms with van der Waals surface area (Å²) in [7, 11) is 0. The van der Waals surface area contributed by atoms with Crippen molar-refractivity contribution in [3.63, 3.8) is 0 Å². The number of imide groups is 1. The van der Waals surface area contributed by atoms with E-state index in [4.69, 9.17) is 27.2 Å². The number of unbranched alkanes of at least 4 members (excludes halogenated alkanes) is 1. The Balaban J connectivity index is 0.00000275. The number of alkyl halides is 3. The molecule has 121 heavy (non-hydrogen) atoms. The quantitative estimate of drug-likeness (QED) is 0.0238. The predicted molar refractivity (Wildman–Crippen MR) is 436 cm³/mol. The molecule has 0 aliphatic carbocycles. The van der Waals surface area contributed by atoms with E-state index in [0.29, 0.717) is 71.6 Å². The summed E-state index contributed by atoms with van der Waals surface area (Å²) < 4.78 is 31.5. The van der Waals surface area contributed by atoms with Gasteiger partial charge < -0.3 is 89.4 Å². The number of likely N-dealkylation sites (tertiary alicyclic amines) is 1. The molecular formula is C83H103ClF3N17O17. The number of aliphatic hydroxyl groups is 1. The number of nitrogens with zero attached hydrogens (tertiary/aromatic N) is 2. The molecule has 1 aromatic heterocycles. The van der Waals surface area contributed by atoms with Crippen molar-refractivity contribution in [2.75, 3.05) is 36.9 Å². The van der Waals surface area contributed by atoms with Crippen LogP contribution >= 0.6 is 11.6 Å². The summed E-state index contributed by atoms with van der Waals surface area (Å²) >= 11 is 6.27. The summed E-state index contributed by atoms with van der Waals surface area (Å²) in [5, 5.41) is 58.4. The zero-order valence-corrected chi connectivity index (χ0v) is 68.3. The van der Waals surface area contributed by atoms with Crippen LogP contribution in [0, 0.1) is 5.92 Å². The van der Waals surface area contributed by atoms with Crippen LogP contribution in [-0.4, -0.2) is 203 Å². The third kappa shape index (κ3) is 31.6. The number of carboxylic acid groups (broad SMARTS) is 1. The van der Waals surface area contributed by atoms with E-state index in [0.717, 1.165) is 10.8 Å². The molecule has 0 unspecified atom stereocenters. The van der Waals surface area contributed by atoms with Gasteiger partial charge in [-0.05, 0) is 139 Å². The Morgan fingerprint density at radius 1 is 0.603 bits per heavy atom. The molecule has 2 saturated heterocycles. The number of rotatable bonds is 40. The fourth-order valence-corrected chi connectivity index (χ4v) is 13.5. The fourth-order valence-electron chi connectivity index (χ4n) is 13.4. The van der Waals surface area contributed by atoms with E-state index >= 15 is 9.59 Å². The van der Waals surface area contributed by atoms with Gasteiger partial charge in [0.2, 0.25) is 65.0 Å². The largest absolute Gasteiger partial charge is 0.542 e. The lowest BCUT2D eigenvalue weighted by Crippen LogP contribution is -2.90. The molecule has 5 aromatic carbocycles. The third-order valence-electron chi connectivity index (χ3n) is 19.3. The minimum atomic E-state index is -5.19. The highest BCUT2D eigenvalue weighted by molar-refractivity contribution is 6.30. The van der Waals surface area contributed by atoms with Gasteiger partial charge in [-0.15, -0.1) is 0 Å². The molecule has 2 aliphatic rings. The van der Waals surface area contributed by atoms with Crippen LogP contribution in [0.25, 0.3) is 10.8 Å². The summed E-state index contributed by atoms with van der Waals surface area (Å²) in [6.45, 7) is 11.0. The van der Waals surface area contributed by atoms with Crippen molar-refractivity contribution < 1.29 is 101 Å². The number of nitrogens with two attached hydrogens (primary N) is 2. The molecule has 2 aliphatic heterocycles. The molecule has 10 atom stereocenters. The van der Waals surface area contributed by atoms with Crippen LogP contribution in [0.5, 0.6) is 0 Å². The molecule has 0 radical (unpaired) electrons. The fraction of sp³-hybridized carbons (Fsp3) is 0.422. The number of hydrogen-bond acceptors (Lipinski definition) is 19. The van der Waals surface area contributed by atoms with Gasteiger partial charge in [-0.1, -0.05) is 124 Å². The van der Waals surface area contributed by atoms with Gasteiger partial charge in [0.15, 0.2) is 0 Å². The minimum absolute atomic E-state index is 0.0130. The summed E-state index contributed by atoms with van der Waals surface area (Å²) in [4.78, 5) is 210. The number of halogens is 4. The third-order valence-corrected chi connectivity index (χ3v) is 19.6. The van der Waals surface area contributed by atoms with Crippen LogP contribution in [0.3, 0.4) is 0 Å². The number of primary amides is 2. The molecule has 18 N–H and O–H groups in total. The number of fused-ring (bicyclic) bond motifs is 1. The molecule has 3 heterocycles. The van der Waals surface area contributed by atoms with E-state index in [1.807, 2.05) is 77.1 Å². The Kier molecular flexibility index (Phi) is 37.0. The molecule has 650 valence electrons. The molecule has 34 nitrogen and oxygen atoms in total. The summed E-state index contributed by atoms with van der Waals surface area (Å²) in [5.41, 5.74) is 8.21. The molecule has 38 heteroatoms. The van der Waals surface area contributed by atoms with E-state index in [1.54, 1.807) is 48.5 Å². The van der Waals surface area contributed by atoms with Crippen LogP contribution < -0.4 is 85.3 Å². The molecule has 0 spiro atoms. The van der Waals surface area contributed by atoms with Crippen LogP contribution in [-0.2, 0) is 94.4 Å². The molecule has 0 saturated carbocycles. The molecule has 8 rings (SSSR count). The van der Waals surface area contributed by atoms with Gasteiger partial charge in [0.25, 0.3) is 0 Å². The number of anilines is 2. The van der Waals surface area contributed by atoms with Crippen LogP contribution in [0.2, 0.25) is 5.02 Å². The van der Waals surface area contributed by atoms with Gasteiger partial charge in [0, 0.05) is 80.4 Å². The van der Waals surface area contributed by atoms with Crippen molar-refractivity contribution in [3.05, 3.63) is 173 Å². The summed E-state index contributed by atoms with van der Waals surface area (Å²) in [5.74, 6) is -12.4. The highest BCUT2D eigenvalue weighted by Crippen LogP contribution is 2.23. The SMILES string of the molecule is CC[NH2+]C(=O)[C@@H]1CCCN1C(=O)[C@H](CCCCNC(C)C)NC(=O)[C@H](CC(C)C)NC(=O)[C@@H](Cc1ccc(NC(N)=O)cc1)NC(=O)[C@H](Cc1ccc(NC(=O)[C@@H]2CC(=O)NC(=O)N2)cc1)NC(=O)[C@H](CO)NC(=O)[C@@H](Cc1cccnc1)NC(=O)[C@@H](Cc1ccc(Cl)cc1)NC(=O)[C@@H](Cc1ccc2ccccc2c1)NC(C)=O.O=C([O-])C(F)(F)F. The van der Waals surface area contributed by atoms with Crippen LogP contribution in [0.4, 0.5) is 34.1 Å². The van der Waals surface area contributed by atoms with Crippen molar-refractivity contribution in [2.45, 2.75) is 191 Å². The topological polar surface area (TPSA) is 514 Å². The number of aliphatic carboxylic acids is 1. The zero-order chi connectivity index (χ0) is 88.6. The zero-order valence-electron chi connectivity index (χ0n) is 67.6. The highest BCUT2D eigenvalue weighted by atomic mass is 35.5. The first-order chi connectivity index (χ1) is 57.4. The second-order valence-electron chi connectivity index (χ2n) is 29.9. The van der Waals surface area contributed by atoms with E-state index in [1.165, 1.54) is 65.9 Å². The van der Waals surface area contributed by atoms with E-state index in [9.17, 15) is 75.8 Å². The number of carbonyl (C=O) groups excluding carboxylic acids is 15. The van der Waals surface area contributed by atoms with Crippen molar-refractivity contribution in [2.24, 2.45) is 11.7 Å². The number of hydrogen-bond donors (Lipinski definition) is 16. The number of benzene rings is 5. The first-order valence-electron chi connectivity index (χ1n) is 39.4. The Morgan fingerprint density at radius 2 is 1.07 bits per heavy atom. The lowest BCUT2D eigenvalue weighted by molar-refractivity contribution is -0.567. The Hall–Kier alpha value is -12.5. The number of quaternary nitrogens is 1. The van der Waals surface area contributed by atoms with Crippen molar-refractivity contribution in [1.82, 2.24) is 68.4 Å². The lowest BCUT2D eigenvalue weighted by Gasteiger charge is -2.30. The molecule has 2 fully saturated rings. The van der Waals surface area contributed by atoms with Gasteiger partial charge in [-0.25, -0.2) is 14.4 Å². The number of pyridine rings is 1. The van der Waals surface area contributed by atoms with Gasteiger partial charge in [0.05, 0.1) is 19.6 Å². The van der Waals surface area contributed by atoms with E-state index in [2.05, 4.69) is 74.1 Å². The van der Waals surface area contributed by atoms with Gasteiger partial charge >= 0.3 is 24.1 Å². The number of nitrogens with one attached hydrogen (secondary N) is 13. The highest BCUT2D eigenvalue weighted by Gasteiger charge is 2.42. The van der Waals surface area contributed by atoms with Crippen LogP contribution in [0.1, 0.15) is 114 Å². The average molecular weight is 1700 g/mol. The van der Waals surface area contributed by atoms with Crippen molar-refractivity contribution in [1.29, 1.82) is 0 Å². The monoisotopic (exact) mass is 1700 g/mol. The molecule has 6 aromatic rings. The number of aliphatic hydroxyl groups excluding tert-OH is 1. The Labute approximate surface area is 700 Å². The number of aromatic nitrogens is 1. The van der Waals surface area contributed by atoms with Gasteiger partial charge in [-0.2, -0.15) is 13.2 Å². The average Bonchev–Trinajstić information content (AvgIpc) is 1.74. The predicted octanol–water partition coefficient (Wildman–Crippen LogP) is 0.933. The van der Waals surface area contributed by atoms with E-state index in [-0.39, 0.29) is 80.7 Å². The molecule has 0 bridgehead atoms. The number of urea groups is 2. The van der Waals surface area contributed by atoms with E-state index < -0.39 is 163 Å². The Morgan fingerprint density at radius 3 is 1.56 bits per heavy atom. The summed E-state index contributed by atoms with van der Waals surface area (Å²) in [6.07, 6.45) is -1.42. The first-order valence-corrected chi connectivity index (χ1v) is 39.8. The number of likely N-dealkylation sites (N-methyl/N-ethyl adjacent to an activating group) is 1. The Bertz CT molecular complexity index is 4610. The van der Waals surface area contributed by atoms with Gasteiger partial charge in [0.1, 0.15) is 66.4 Å².